The normalized spacial score (nSPS) is 28.4. The first-order valence-electron chi connectivity index (χ1n) is 15.8. The first-order valence-corrected chi connectivity index (χ1v) is 18.5. The predicted molar refractivity (Wildman–Crippen MR) is 174 cm³/mol. The van der Waals surface area contributed by atoms with Crippen molar-refractivity contribution in [2.45, 2.75) is 108 Å². The van der Waals surface area contributed by atoms with Gasteiger partial charge in [-0.2, -0.15) is 15.9 Å². The van der Waals surface area contributed by atoms with E-state index in [0.29, 0.717) is 24.6 Å². The van der Waals surface area contributed by atoms with Crippen molar-refractivity contribution in [2.24, 2.45) is 5.92 Å². The lowest BCUT2D eigenvalue weighted by molar-refractivity contribution is -0.161. The highest BCUT2D eigenvalue weighted by molar-refractivity contribution is 8.24. The summed E-state index contributed by atoms with van der Waals surface area (Å²) >= 11 is 1.77. The topological polar surface area (TPSA) is 119 Å². The number of thiazole rings is 1. The molecule has 10 heteroatoms. The Hall–Kier alpha value is -2.16. The van der Waals surface area contributed by atoms with Gasteiger partial charge in [-0.3, -0.25) is 13.9 Å². The Bertz CT molecular complexity index is 1370. The summed E-state index contributed by atoms with van der Waals surface area (Å²) in [5.41, 5.74) is 2.05. The molecule has 2 saturated heterocycles. The van der Waals surface area contributed by atoms with Crippen molar-refractivity contribution in [3.63, 3.8) is 0 Å². The molecule has 4 fully saturated rings. The highest BCUT2D eigenvalue weighted by Crippen LogP contribution is 2.50. The van der Waals surface area contributed by atoms with E-state index in [1.54, 1.807) is 11.3 Å². The number of hydrogen-bond acceptors (Lipinski definition) is 8. The number of nitriles is 1. The van der Waals surface area contributed by atoms with Crippen LogP contribution in [0.15, 0.2) is 24.3 Å². The molecule has 3 N–H and O–H groups in total. The summed E-state index contributed by atoms with van der Waals surface area (Å²) in [5.74, 6) is 0.913. The van der Waals surface area contributed by atoms with Gasteiger partial charge in [0.2, 0.25) is 5.91 Å². The first-order chi connectivity index (χ1) is 20.3. The number of nitrogens with one attached hydrogen (secondary N) is 1. The van der Waals surface area contributed by atoms with Gasteiger partial charge in [-0.05, 0) is 83.9 Å². The number of aromatic nitrogens is 1. The van der Waals surface area contributed by atoms with Gasteiger partial charge in [0.25, 0.3) is 0 Å². The maximum Gasteiger partial charge on any atom is 0.225 e. The van der Waals surface area contributed by atoms with E-state index >= 15 is 0 Å². The fourth-order valence-corrected chi connectivity index (χ4v) is 10.0. The molecule has 1 amide bonds. The highest BCUT2D eigenvalue weighted by atomic mass is 32.3. The molecule has 4 aliphatic rings. The molecule has 1 aromatic carbocycles. The van der Waals surface area contributed by atoms with E-state index in [9.17, 15) is 19.2 Å². The molecule has 2 atom stereocenters. The smallest absolute Gasteiger partial charge is 0.225 e. The third kappa shape index (κ3) is 6.76. The molecule has 0 radical (unpaired) electrons. The van der Waals surface area contributed by atoms with Crippen molar-refractivity contribution >= 4 is 33.5 Å². The van der Waals surface area contributed by atoms with E-state index in [1.807, 2.05) is 0 Å². The zero-order valence-corrected chi connectivity index (χ0v) is 27.5. The van der Waals surface area contributed by atoms with Crippen molar-refractivity contribution < 1.29 is 18.6 Å². The van der Waals surface area contributed by atoms with Crippen molar-refractivity contribution in [3.05, 3.63) is 35.0 Å². The molecule has 2 aliphatic carbocycles. The second-order valence-electron chi connectivity index (χ2n) is 14.4. The summed E-state index contributed by atoms with van der Waals surface area (Å²) in [7, 11) is -2.45. The molecule has 6 rings (SSSR count). The molecule has 2 aromatic rings. The summed E-state index contributed by atoms with van der Waals surface area (Å²) in [6.45, 7) is 9.93. The Morgan fingerprint density at radius 2 is 1.70 bits per heavy atom. The largest absolute Gasteiger partial charge is 0.370 e. The van der Waals surface area contributed by atoms with Crippen LogP contribution in [0.4, 0.5) is 5.69 Å². The van der Waals surface area contributed by atoms with Crippen LogP contribution in [0.2, 0.25) is 0 Å². The van der Waals surface area contributed by atoms with Crippen molar-refractivity contribution in [3.8, 4) is 16.5 Å². The van der Waals surface area contributed by atoms with Crippen LogP contribution in [-0.4, -0.2) is 61.3 Å². The second-order valence-corrected chi connectivity index (χ2v) is 17.9. The highest BCUT2D eigenvalue weighted by Gasteiger charge is 2.47. The molecule has 8 nitrogen and oxygen atoms in total. The lowest BCUT2D eigenvalue weighted by Crippen LogP contribution is -2.44. The minimum Gasteiger partial charge on any atom is -0.370 e. The van der Waals surface area contributed by atoms with Gasteiger partial charge in [0.1, 0.15) is 5.54 Å². The van der Waals surface area contributed by atoms with Crippen LogP contribution in [0.3, 0.4) is 0 Å². The Morgan fingerprint density at radius 1 is 1.07 bits per heavy atom. The number of amides is 1. The van der Waals surface area contributed by atoms with Crippen LogP contribution in [0.25, 0.3) is 10.4 Å². The van der Waals surface area contributed by atoms with Gasteiger partial charge in [0.05, 0.1) is 44.4 Å². The second kappa shape index (κ2) is 11.3. The Morgan fingerprint density at radius 3 is 2.30 bits per heavy atom. The number of rotatable bonds is 6. The lowest BCUT2D eigenvalue weighted by atomic mass is 9.76. The molecule has 0 bridgehead atoms. The molecular weight excluding hydrogens is 581 g/mol. The minimum absolute atomic E-state index is 0.00371. The van der Waals surface area contributed by atoms with Crippen LogP contribution in [-0.2, 0) is 9.53 Å². The number of ether oxygens (including phenoxy) is 1. The molecule has 2 aliphatic heterocycles. The number of carbonyl (C=O) groups is 1. The lowest BCUT2D eigenvalue weighted by Gasteiger charge is -2.44. The van der Waals surface area contributed by atoms with Gasteiger partial charge >= 0.3 is 0 Å². The summed E-state index contributed by atoms with van der Waals surface area (Å²) in [5, 5.41) is 13.9. The zero-order valence-electron chi connectivity index (χ0n) is 25.9. The SMILES string of the molecule is CC1(C)CC(c2nc([C@@H]3CCCC[C@H]3C(=O)NC3(C#N)CC3)c(-c3ccc(N4CCS(O)(O)CC4)cc3)s2)CC(C)(C)O1. The van der Waals surface area contributed by atoms with E-state index in [1.165, 1.54) is 0 Å². The van der Waals surface area contributed by atoms with Crippen molar-refractivity contribution in [2.75, 3.05) is 29.5 Å². The van der Waals surface area contributed by atoms with E-state index in [2.05, 4.69) is 68.2 Å². The average Bonchev–Trinajstić information content (AvgIpc) is 3.57. The third-order valence-electron chi connectivity index (χ3n) is 9.70. The van der Waals surface area contributed by atoms with E-state index in [0.717, 1.165) is 78.2 Å². The van der Waals surface area contributed by atoms with Gasteiger partial charge in [0, 0.05) is 36.5 Å². The minimum atomic E-state index is -2.45. The summed E-state index contributed by atoms with van der Waals surface area (Å²) in [6.07, 6.45) is 7.06. The van der Waals surface area contributed by atoms with E-state index in [4.69, 9.17) is 9.72 Å². The number of nitrogens with zero attached hydrogens (tertiary/aromatic N) is 3. The maximum atomic E-state index is 13.6. The number of hydrogen-bond donors (Lipinski definition) is 3. The molecule has 43 heavy (non-hydrogen) atoms. The molecule has 0 spiro atoms. The summed E-state index contributed by atoms with van der Waals surface area (Å²) in [6, 6.07) is 10.9. The van der Waals surface area contributed by atoms with Gasteiger partial charge in [-0.25, -0.2) is 4.98 Å². The summed E-state index contributed by atoms with van der Waals surface area (Å²) in [4.78, 5) is 22.4. The van der Waals surface area contributed by atoms with Crippen molar-refractivity contribution in [1.82, 2.24) is 10.3 Å². The quantitative estimate of drug-likeness (QED) is 0.308. The Labute approximate surface area is 261 Å². The number of anilines is 1. The van der Waals surface area contributed by atoms with E-state index < -0.39 is 16.1 Å². The molecule has 234 valence electrons. The fourth-order valence-electron chi connectivity index (χ4n) is 7.55. The number of benzene rings is 1. The van der Waals surface area contributed by atoms with Crippen LogP contribution < -0.4 is 10.2 Å². The van der Waals surface area contributed by atoms with E-state index in [-0.39, 0.29) is 34.9 Å². The van der Waals surface area contributed by atoms with Gasteiger partial charge in [-0.1, -0.05) is 25.0 Å². The van der Waals surface area contributed by atoms with Crippen LogP contribution >= 0.6 is 21.9 Å². The molecule has 0 unspecified atom stereocenters. The number of carbonyl (C=O) groups excluding carboxylic acids is 1. The van der Waals surface area contributed by atoms with Crippen LogP contribution in [0.1, 0.15) is 102 Å². The Kier molecular flexibility index (Phi) is 8.13. The van der Waals surface area contributed by atoms with Crippen molar-refractivity contribution in [1.29, 1.82) is 5.26 Å². The maximum absolute atomic E-state index is 13.6. The van der Waals surface area contributed by atoms with Crippen LogP contribution in [0, 0.1) is 17.2 Å². The first kappa shape index (κ1) is 30.8. The monoisotopic (exact) mass is 626 g/mol. The third-order valence-corrected chi connectivity index (χ3v) is 12.7. The Balaban J connectivity index is 1.34. The zero-order chi connectivity index (χ0) is 30.6. The van der Waals surface area contributed by atoms with Crippen LogP contribution in [0.5, 0.6) is 0 Å². The standard InChI is InChI=1S/C33H46N4O4S2/c1-31(2)19-23(20-32(3,4)41-31)30-35-27(25-7-5-6-8-26(25)29(38)36-33(21-34)13-14-33)28(42-30)22-9-11-24(12-10-22)37-15-17-43(39,40)18-16-37/h9-12,23,25-26,39-40H,5-8,13-20H2,1-4H3,(H,36,38)/t25-,26-/m1/s1. The molecular formula is C33H46N4O4S2. The predicted octanol–water partition coefficient (Wildman–Crippen LogP) is 7.28. The van der Waals surface area contributed by atoms with Gasteiger partial charge < -0.3 is 15.0 Å². The molecule has 3 heterocycles. The van der Waals surface area contributed by atoms with Gasteiger partial charge in [-0.15, -0.1) is 11.3 Å². The fraction of sp³-hybridized carbons (Fsp3) is 0.667. The molecule has 1 aromatic heterocycles. The van der Waals surface area contributed by atoms with Gasteiger partial charge in [0.15, 0.2) is 0 Å². The summed E-state index contributed by atoms with van der Waals surface area (Å²) < 4.78 is 26.5. The average molecular weight is 627 g/mol. The molecule has 2 saturated carbocycles.